The first-order chi connectivity index (χ1) is 14.3. The van der Waals surface area contributed by atoms with E-state index in [2.05, 4.69) is 23.2 Å². The van der Waals surface area contributed by atoms with Crippen molar-refractivity contribution in [3.8, 4) is 17.2 Å². The van der Waals surface area contributed by atoms with Crippen molar-refractivity contribution in [2.45, 2.75) is 13.0 Å². The van der Waals surface area contributed by atoms with E-state index in [-0.39, 0.29) is 5.91 Å². The molecule has 1 N–H and O–H groups in total. The molecule has 4 nitrogen and oxygen atoms in total. The van der Waals surface area contributed by atoms with Crippen LogP contribution >= 0.6 is 0 Å². The number of carbonyl (C=O) groups is 1. The largest absolute Gasteiger partial charge is 0.358 e. The Morgan fingerprint density at radius 3 is 2.52 bits per heavy atom. The van der Waals surface area contributed by atoms with E-state index in [0.29, 0.717) is 24.2 Å². The number of fused-ring (bicyclic) bond motifs is 3. The van der Waals surface area contributed by atoms with Crippen molar-refractivity contribution in [1.29, 1.82) is 5.26 Å². The van der Waals surface area contributed by atoms with Crippen molar-refractivity contribution >= 4 is 16.8 Å². The predicted molar refractivity (Wildman–Crippen MR) is 113 cm³/mol. The standard InChI is InChI=1S/C25H19N3O/c26-15-17-7-1-2-8-18(17)19-9-3-4-11-21(19)25(29)28-14-13-24-22(16-28)20-10-5-6-12-23(20)27-24/h1-12,27H,13-14,16H2. The molecule has 2 heterocycles. The van der Waals surface area contributed by atoms with E-state index in [1.807, 2.05) is 59.5 Å². The molecule has 5 rings (SSSR count). The molecule has 1 aliphatic rings. The van der Waals surface area contributed by atoms with Gasteiger partial charge in [0.15, 0.2) is 0 Å². The van der Waals surface area contributed by atoms with Crippen LogP contribution in [0.5, 0.6) is 0 Å². The molecule has 0 atom stereocenters. The van der Waals surface area contributed by atoms with Crippen LogP contribution in [-0.4, -0.2) is 22.3 Å². The molecule has 1 aliphatic heterocycles. The summed E-state index contributed by atoms with van der Waals surface area (Å²) in [6.45, 7) is 1.26. The lowest BCUT2D eigenvalue weighted by Gasteiger charge is -2.28. The van der Waals surface area contributed by atoms with Crippen molar-refractivity contribution in [3.05, 3.63) is 95.2 Å². The van der Waals surface area contributed by atoms with Crippen molar-refractivity contribution in [3.63, 3.8) is 0 Å². The van der Waals surface area contributed by atoms with Gasteiger partial charge in [0.25, 0.3) is 5.91 Å². The highest BCUT2D eigenvalue weighted by molar-refractivity contribution is 6.02. The first-order valence-electron chi connectivity index (χ1n) is 9.72. The highest BCUT2D eigenvalue weighted by Gasteiger charge is 2.26. The summed E-state index contributed by atoms with van der Waals surface area (Å²) in [5.41, 5.74) is 6.36. The number of nitrogens with zero attached hydrogens (tertiary/aromatic N) is 2. The highest BCUT2D eigenvalue weighted by Crippen LogP contribution is 2.31. The lowest BCUT2D eigenvalue weighted by Crippen LogP contribution is -2.36. The number of carbonyl (C=O) groups excluding carboxylic acids is 1. The second kappa shape index (κ2) is 6.96. The van der Waals surface area contributed by atoms with Crippen LogP contribution in [0.2, 0.25) is 0 Å². The minimum absolute atomic E-state index is 0.00396. The zero-order valence-electron chi connectivity index (χ0n) is 15.9. The van der Waals surface area contributed by atoms with E-state index in [9.17, 15) is 10.1 Å². The first-order valence-corrected chi connectivity index (χ1v) is 9.72. The van der Waals surface area contributed by atoms with Gasteiger partial charge in [-0.1, -0.05) is 54.6 Å². The number of aromatic amines is 1. The highest BCUT2D eigenvalue weighted by atomic mass is 16.2. The third kappa shape index (κ3) is 2.88. The van der Waals surface area contributed by atoms with Gasteiger partial charge in [0.1, 0.15) is 0 Å². The van der Waals surface area contributed by atoms with Crippen LogP contribution < -0.4 is 0 Å². The molecule has 0 radical (unpaired) electrons. The van der Waals surface area contributed by atoms with E-state index in [1.54, 1.807) is 6.07 Å². The second-order valence-corrected chi connectivity index (χ2v) is 7.31. The normalized spacial score (nSPS) is 13.1. The lowest BCUT2D eigenvalue weighted by molar-refractivity contribution is 0.0736. The maximum Gasteiger partial charge on any atom is 0.254 e. The molecule has 0 saturated heterocycles. The molecular weight excluding hydrogens is 358 g/mol. The van der Waals surface area contributed by atoms with Crippen LogP contribution in [0, 0.1) is 11.3 Å². The molecular formula is C25H19N3O. The van der Waals surface area contributed by atoms with Crippen LogP contribution in [0.3, 0.4) is 0 Å². The van der Waals surface area contributed by atoms with Gasteiger partial charge in [-0.3, -0.25) is 4.79 Å². The summed E-state index contributed by atoms with van der Waals surface area (Å²) in [5, 5.41) is 10.7. The second-order valence-electron chi connectivity index (χ2n) is 7.31. The minimum atomic E-state index is 0.00396. The van der Waals surface area contributed by atoms with Crippen molar-refractivity contribution in [2.75, 3.05) is 6.54 Å². The fourth-order valence-electron chi connectivity index (χ4n) is 4.23. The number of benzene rings is 3. The van der Waals surface area contributed by atoms with Gasteiger partial charge < -0.3 is 9.88 Å². The Hall–Kier alpha value is -3.84. The molecule has 29 heavy (non-hydrogen) atoms. The third-order valence-corrected chi connectivity index (χ3v) is 5.67. The van der Waals surface area contributed by atoms with Crippen molar-refractivity contribution in [2.24, 2.45) is 0 Å². The average Bonchev–Trinajstić information content (AvgIpc) is 3.16. The molecule has 0 spiro atoms. The van der Waals surface area contributed by atoms with E-state index < -0.39 is 0 Å². The number of H-pyrrole nitrogens is 1. The molecule has 140 valence electrons. The van der Waals surface area contributed by atoms with Crippen molar-refractivity contribution in [1.82, 2.24) is 9.88 Å². The molecule has 0 saturated carbocycles. The monoisotopic (exact) mass is 377 g/mol. The number of hydrogen-bond donors (Lipinski definition) is 1. The van der Waals surface area contributed by atoms with Crippen LogP contribution in [0.15, 0.2) is 72.8 Å². The SMILES string of the molecule is N#Cc1ccccc1-c1ccccc1C(=O)N1CCc2[nH]c3ccccc3c2C1. The third-order valence-electron chi connectivity index (χ3n) is 5.67. The van der Waals surface area contributed by atoms with Gasteiger partial charge in [0.05, 0.1) is 11.6 Å². The molecule has 0 fully saturated rings. The van der Waals surface area contributed by atoms with Gasteiger partial charge in [-0.15, -0.1) is 0 Å². The number of para-hydroxylation sites is 1. The number of rotatable bonds is 2. The summed E-state index contributed by atoms with van der Waals surface area (Å²) >= 11 is 0. The van der Waals surface area contributed by atoms with Crippen LogP contribution in [-0.2, 0) is 13.0 Å². The number of nitrogens with one attached hydrogen (secondary N) is 1. The van der Waals surface area contributed by atoms with E-state index in [4.69, 9.17) is 0 Å². The van der Waals surface area contributed by atoms with Crippen LogP contribution in [0.1, 0.15) is 27.2 Å². The Kier molecular flexibility index (Phi) is 4.14. The molecule has 0 aliphatic carbocycles. The summed E-state index contributed by atoms with van der Waals surface area (Å²) in [7, 11) is 0. The quantitative estimate of drug-likeness (QED) is 0.540. The molecule has 0 bridgehead atoms. The van der Waals surface area contributed by atoms with Crippen molar-refractivity contribution < 1.29 is 4.79 Å². The van der Waals surface area contributed by atoms with Gasteiger partial charge in [0.2, 0.25) is 0 Å². The number of aromatic nitrogens is 1. The van der Waals surface area contributed by atoms with Crippen LogP contribution in [0.4, 0.5) is 0 Å². The molecule has 1 amide bonds. The fraction of sp³-hybridized carbons (Fsp3) is 0.120. The summed E-state index contributed by atoms with van der Waals surface area (Å²) in [6.07, 6.45) is 0.812. The number of amides is 1. The topological polar surface area (TPSA) is 59.9 Å². The Morgan fingerprint density at radius 2 is 1.66 bits per heavy atom. The van der Waals surface area contributed by atoms with Gasteiger partial charge in [-0.05, 0) is 23.8 Å². The molecule has 4 heteroatoms. The Bertz CT molecular complexity index is 1280. The average molecular weight is 377 g/mol. The summed E-state index contributed by atoms with van der Waals surface area (Å²) in [4.78, 5) is 18.9. The van der Waals surface area contributed by atoms with E-state index in [1.165, 1.54) is 16.6 Å². The summed E-state index contributed by atoms with van der Waals surface area (Å²) in [6, 6.07) is 25.5. The fourth-order valence-corrected chi connectivity index (χ4v) is 4.23. The maximum absolute atomic E-state index is 13.5. The van der Waals surface area contributed by atoms with Gasteiger partial charge >= 0.3 is 0 Å². The Labute approximate surface area is 169 Å². The van der Waals surface area contributed by atoms with E-state index in [0.717, 1.165) is 23.1 Å². The summed E-state index contributed by atoms with van der Waals surface area (Å²) < 4.78 is 0. The van der Waals surface area contributed by atoms with Gasteiger partial charge in [-0.2, -0.15) is 5.26 Å². The zero-order chi connectivity index (χ0) is 19.8. The predicted octanol–water partition coefficient (Wildman–Crippen LogP) is 4.91. The zero-order valence-corrected chi connectivity index (χ0v) is 15.9. The van der Waals surface area contributed by atoms with Gasteiger partial charge in [-0.25, -0.2) is 0 Å². The Balaban J connectivity index is 1.54. The smallest absolute Gasteiger partial charge is 0.254 e. The van der Waals surface area contributed by atoms with Gasteiger partial charge in [0, 0.05) is 52.8 Å². The Morgan fingerprint density at radius 1 is 0.931 bits per heavy atom. The maximum atomic E-state index is 13.5. The molecule has 1 aromatic heterocycles. The number of nitriles is 1. The van der Waals surface area contributed by atoms with E-state index >= 15 is 0 Å². The van der Waals surface area contributed by atoms with Crippen LogP contribution in [0.25, 0.3) is 22.0 Å². The first kappa shape index (κ1) is 17.3. The molecule has 0 unspecified atom stereocenters. The molecule has 3 aromatic carbocycles. The molecule has 4 aromatic rings. The lowest BCUT2D eigenvalue weighted by atomic mass is 9.94. The number of hydrogen-bond acceptors (Lipinski definition) is 2. The summed E-state index contributed by atoms with van der Waals surface area (Å²) in [5.74, 6) is 0.00396. The minimum Gasteiger partial charge on any atom is -0.358 e.